The van der Waals surface area contributed by atoms with Gasteiger partial charge in [-0.2, -0.15) is 13.2 Å². The number of amides is 1. The van der Waals surface area contributed by atoms with Crippen LogP contribution in [0.2, 0.25) is 0 Å². The van der Waals surface area contributed by atoms with E-state index in [4.69, 9.17) is 0 Å². The molecule has 4 bridgehead atoms. The maximum Gasteiger partial charge on any atom is 0.471 e. The summed E-state index contributed by atoms with van der Waals surface area (Å²) in [6, 6.07) is -1.05. The number of piperidine rings is 1. The van der Waals surface area contributed by atoms with Gasteiger partial charge in [0.15, 0.2) is 0 Å². The van der Waals surface area contributed by atoms with Crippen LogP contribution < -0.4 is 0 Å². The number of carbonyl (C=O) groups excluding carboxylic acids is 3. The molecule has 2 saturated heterocycles. The predicted octanol–water partition coefficient (Wildman–Crippen LogP) is 3.04. The highest BCUT2D eigenvalue weighted by atomic mass is 19.4. The Balaban J connectivity index is 0.000000159. The first-order valence-electron chi connectivity index (χ1n) is 8.67. The van der Waals surface area contributed by atoms with E-state index in [0.29, 0.717) is 18.6 Å². The Labute approximate surface area is 138 Å². The molecular formula is C17H22F3NO3. The third-order valence-electron chi connectivity index (χ3n) is 5.71. The standard InChI is InChI=1S/C9H10F3NO2.C8H12O/c10-9(11,12)8(15)13-5-1-2-6(13)4-7(14)3-5;9-8-4-6-1-2-7(3-6)5-8/h5-6H,1-4H2;6-7H,1-5H2. The molecule has 0 aromatic carbocycles. The summed E-state index contributed by atoms with van der Waals surface area (Å²) in [7, 11) is 0. The van der Waals surface area contributed by atoms with Crippen molar-refractivity contribution < 1.29 is 27.6 Å². The van der Waals surface area contributed by atoms with Gasteiger partial charge in [-0.05, 0) is 43.9 Å². The molecule has 2 heterocycles. The van der Waals surface area contributed by atoms with E-state index in [0.717, 1.165) is 29.6 Å². The molecular weight excluding hydrogens is 323 g/mol. The van der Waals surface area contributed by atoms with Crippen molar-refractivity contribution in [2.75, 3.05) is 0 Å². The molecule has 4 nitrogen and oxygen atoms in total. The zero-order valence-corrected chi connectivity index (χ0v) is 13.5. The molecule has 2 aliphatic heterocycles. The lowest BCUT2D eigenvalue weighted by molar-refractivity contribution is -0.189. The van der Waals surface area contributed by atoms with Gasteiger partial charge in [-0.25, -0.2) is 0 Å². The molecule has 2 saturated carbocycles. The van der Waals surface area contributed by atoms with E-state index >= 15 is 0 Å². The molecule has 134 valence electrons. The Kier molecular flexibility index (Phi) is 4.71. The molecule has 4 rings (SSSR count). The summed E-state index contributed by atoms with van der Waals surface area (Å²) >= 11 is 0. The molecule has 4 fully saturated rings. The average Bonchev–Trinajstić information content (AvgIpc) is 2.95. The molecule has 24 heavy (non-hydrogen) atoms. The van der Waals surface area contributed by atoms with E-state index in [1.807, 2.05) is 0 Å². The predicted molar refractivity (Wildman–Crippen MR) is 79.0 cm³/mol. The number of hydrogen-bond acceptors (Lipinski definition) is 3. The summed E-state index contributed by atoms with van der Waals surface area (Å²) in [5, 5.41) is 0. The zero-order valence-electron chi connectivity index (χ0n) is 13.5. The second-order valence-corrected chi connectivity index (χ2v) is 7.53. The zero-order chi connectivity index (χ0) is 17.5. The van der Waals surface area contributed by atoms with Gasteiger partial charge in [0.25, 0.3) is 0 Å². The third-order valence-corrected chi connectivity index (χ3v) is 5.71. The SMILES string of the molecule is O=C1CC2CCC(C1)C2.O=C1CC2CCC(C1)N2C(=O)C(F)(F)F. The fourth-order valence-corrected chi connectivity index (χ4v) is 4.73. The van der Waals surface area contributed by atoms with Crippen LogP contribution in [-0.2, 0) is 14.4 Å². The van der Waals surface area contributed by atoms with Crippen molar-refractivity contribution in [3.8, 4) is 0 Å². The van der Waals surface area contributed by atoms with E-state index in [2.05, 4.69) is 0 Å². The minimum Gasteiger partial charge on any atom is -0.328 e. The summed E-state index contributed by atoms with van der Waals surface area (Å²) in [4.78, 5) is 34.0. The van der Waals surface area contributed by atoms with E-state index in [1.165, 1.54) is 19.3 Å². The third kappa shape index (κ3) is 3.64. The van der Waals surface area contributed by atoms with Gasteiger partial charge in [-0.3, -0.25) is 14.4 Å². The number of carbonyl (C=O) groups is 3. The van der Waals surface area contributed by atoms with Crippen molar-refractivity contribution in [2.45, 2.75) is 76.0 Å². The van der Waals surface area contributed by atoms with Crippen LogP contribution in [0.5, 0.6) is 0 Å². The van der Waals surface area contributed by atoms with Crippen LogP contribution in [0.15, 0.2) is 0 Å². The number of Topliss-reactive ketones (excluding diaryl/α,β-unsaturated/α-hetero) is 2. The molecule has 2 aliphatic carbocycles. The summed E-state index contributed by atoms with van der Waals surface area (Å²) in [6.07, 6.45) is 2.18. The van der Waals surface area contributed by atoms with Crippen LogP contribution in [0.4, 0.5) is 13.2 Å². The highest BCUT2D eigenvalue weighted by Crippen LogP contribution is 2.40. The van der Waals surface area contributed by atoms with Crippen molar-refractivity contribution >= 4 is 17.5 Å². The summed E-state index contributed by atoms with van der Waals surface area (Å²) in [5.74, 6) is 0.275. The highest BCUT2D eigenvalue weighted by molar-refractivity contribution is 5.87. The van der Waals surface area contributed by atoms with Gasteiger partial charge < -0.3 is 4.90 Å². The van der Waals surface area contributed by atoms with Gasteiger partial charge in [-0.1, -0.05) is 0 Å². The maximum absolute atomic E-state index is 12.2. The summed E-state index contributed by atoms with van der Waals surface area (Å²) < 4.78 is 36.7. The fourth-order valence-electron chi connectivity index (χ4n) is 4.73. The molecule has 0 radical (unpaired) electrons. The van der Waals surface area contributed by atoms with Crippen LogP contribution in [0.3, 0.4) is 0 Å². The first-order valence-corrected chi connectivity index (χ1v) is 8.67. The molecule has 0 N–H and O–H groups in total. The molecule has 7 heteroatoms. The molecule has 0 aromatic rings. The Morgan fingerprint density at radius 2 is 1.29 bits per heavy atom. The maximum atomic E-state index is 12.2. The number of nitrogens with zero attached hydrogens (tertiary/aromatic N) is 1. The Bertz CT molecular complexity index is 516. The number of ketones is 2. The second-order valence-electron chi connectivity index (χ2n) is 7.53. The van der Waals surface area contributed by atoms with Crippen molar-refractivity contribution in [2.24, 2.45) is 11.8 Å². The monoisotopic (exact) mass is 345 g/mol. The highest BCUT2D eigenvalue weighted by Gasteiger charge is 2.51. The van der Waals surface area contributed by atoms with Gasteiger partial charge in [0.1, 0.15) is 11.6 Å². The lowest BCUT2D eigenvalue weighted by Gasteiger charge is -2.34. The van der Waals surface area contributed by atoms with Gasteiger partial charge >= 0.3 is 12.1 Å². The second kappa shape index (κ2) is 6.48. The van der Waals surface area contributed by atoms with Gasteiger partial charge in [-0.15, -0.1) is 0 Å². The normalized spacial score (nSPS) is 34.9. The summed E-state index contributed by atoms with van der Waals surface area (Å²) in [6.45, 7) is 0. The average molecular weight is 345 g/mol. The first-order chi connectivity index (χ1) is 11.2. The molecule has 4 atom stereocenters. The van der Waals surface area contributed by atoms with E-state index < -0.39 is 24.2 Å². The van der Waals surface area contributed by atoms with Crippen LogP contribution in [0.1, 0.15) is 57.8 Å². The van der Waals surface area contributed by atoms with E-state index in [-0.39, 0.29) is 18.6 Å². The Morgan fingerprint density at radius 3 is 1.75 bits per heavy atom. The molecule has 4 aliphatic rings. The largest absolute Gasteiger partial charge is 0.471 e. The number of fused-ring (bicyclic) bond motifs is 4. The van der Waals surface area contributed by atoms with Crippen LogP contribution in [0, 0.1) is 11.8 Å². The number of alkyl halides is 3. The lowest BCUT2D eigenvalue weighted by atomic mass is 9.88. The van der Waals surface area contributed by atoms with Gasteiger partial charge in [0.05, 0.1) is 0 Å². The van der Waals surface area contributed by atoms with Crippen LogP contribution in [-0.4, -0.2) is 40.6 Å². The first kappa shape index (κ1) is 17.4. The van der Waals surface area contributed by atoms with Crippen molar-refractivity contribution in [1.29, 1.82) is 0 Å². The van der Waals surface area contributed by atoms with Gasteiger partial charge in [0.2, 0.25) is 0 Å². The molecule has 0 aromatic heterocycles. The van der Waals surface area contributed by atoms with Gasteiger partial charge in [0, 0.05) is 37.8 Å². The van der Waals surface area contributed by atoms with Crippen molar-refractivity contribution in [3.05, 3.63) is 0 Å². The lowest BCUT2D eigenvalue weighted by Crippen LogP contribution is -2.51. The van der Waals surface area contributed by atoms with E-state index in [9.17, 15) is 27.6 Å². The fraction of sp³-hybridized carbons (Fsp3) is 0.824. The Hall–Kier alpha value is -1.40. The molecule has 4 unspecified atom stereocenters. The summed E-state index contributed by atoms with van der Waals surface area (Å²) in [5.41, 5.74) is 0. The van der Waals surface area contributed by atoms with Crippen LogP contribution in [0.25, 0.3) is 0 Å². The Morgan fingerprint density at radius 1 is 0.833 bits per heavy atom. The molecule has 1 amide bonds. The number of hydrogen-bond donors (Lipinski definition) is 0. The van der Waals surface area contributed by atoms with Crippen LogP contribution >= 0.6 is 0 Å². The minimum atomic E-state index is -4.82. The number of halogens is 3. The van der Waals surface area contributed by atoms with Crippen molar-refractivity contribution in [3.63, 3.8) is 0 Å². The smallest absolute Gasteiger partial charge is 0.328 e. The quantitative estimate of drug-likeness (QED) is 0.678. The minimum absolute atomic E-state index is 0.0336. The van der Waals surface area contributed by atoms with E-state index in [1.54, 1.807) is 0 Å². The topological polar surface area (TPSA) is 54.5 Å². The molecule has 0 spiro atoms. The van der Waals surface area contributed by atoms with Crippen molar-refractivity contribution in [1.82, 2.24) is 4.90 Å². The number of rotatable bonds is 0.